The fraction of sp³-hybridized carbons (Fsp3) is 0.831. The zero-order chi connectivity index (χ0) is 51.4. The second-order valence-electron chi connectivity index (χ2n) is 21.0. The number of esters is 3. The van der Waals surface area contributed by atoms with Crippen LogP contribution in [0.25, 0.3) is 0 Å². The van der Waals surface area contributed by atoms with E-state index in [0.717, 1.165) is 83.5 Å². The van der Waals surface area contributed by atoms with Crippen molar-refractivity contribution in [3.05, 3.63) is 48.6 Å². The van der Waals surface area contributed by atoms with E-state index in [2.05, 4.69) is 69.4 Å². The molecule has 0 unspecified atom stereocenters. The SMILES string of the molecule is CCCCC/C=C\C/C=C\C/C=C\C/C=C\CCCCCC(=O)OC[C@@H](COC(=O)CCCCCCCCCCCCCCCCCC)OC(=O)CCCCCCCCCCCCCCCCCCCC. The molecule has 0 N–H and O–H groups in total. The van der Waals surface area contributed by atoms with Gasteiger partial charge in [-0.25, -0.2) is 0 Å². The van der Waals surface area contributed by atoms with E-state index in [-0.39, 0.29) is 31.1 Å². The molecule has 0 amide bonds. The molecule has 0 aliphatic carbocycles. The third-order valence-corrected chi connectivity index (χ3v) is 13.8. The molecular weight excluding hydrogens is 877 g/mol. The second kappa shape index (κ2) is 59.9. The lowest BCUT2D eigenvalue weighted by molar-refractivity contribution is -0.167. The van der Waals surface area contributed by atoms with Crippen LogP contribution in [0.4, 0.5) is 0 Å². The van der Waals surface area contributed by atoms with Gasteiger partial charge in [-0.2, -0.15) is 0 Å². The summed E-state index contributed by atoms with van der Waals surface area (Å²) in [5, 5.41) is 0. The Hall–Kier alpha value is -2.63. The Morgan fingerprint density at radius 2 is 0.507 bits per heavy atom. The maximum Gasteiger partial charge on any atom is 0.306 e. The zero-order valence-electron chi connectivity index (χ0n) is 47.5. The van der Waals surface area contributed by atoms with Crippen LogP contribution in [0, 0.1) is 0 Å². The summed E-state index contributed by atoms with van der Waals surface area (Å²) in [6, 6.07) is 0. The van der Waals surface area contributed by atoms with Crippen molar-refractivity contribution in [2.45, 2.75) is 335 Å². The Morgan fingerprint density at radius 3 is 0.817 bits per heavy atom. The second-order valence-corrected chi connectivity index (χ2v) is 21.0. The molecule has 0 aromatic carbocycles. The molecule has 0 spiro atoms. The Kier molecular flexibility index (Phi) is 57.7. The lowest BCUT2D eigenvalue weighted by atomic mass is 10.0. The van der Waals surface area contributed by atoms with E-state index in [9.17, 15) is 14.4 Å². The average molecular weight is 996 g/mol. The van der Waals surface area contributed by atoms with Gasteiger partial charge in [0.2, 0.25) is 0 Å². The van der Waals surface area contributed by atoms with Gasteiger partial charge < -0.3 is 14.2 Å². The summed E-state index contributed by atoms with van der Waals surface area (Å²) in [4.78, 5) is 38.3. The van der Waals surface area contributed by atoms with E-state index < -0.39 is 6.10 Å². The van der Waals surface area contributed by atoms with E-state index in [4.69, 9.17) is 14.2 Å². The molecule has 414 valence electrons. The maximum atomic E-state index is 12.9. The number of hydrogen-bond acceptors (Lipinski definition) is 6. The molecular formula is C65H118O6. The first-order valence-corrected chi connectivity index (χ1v) is 31.1. The first-order valence-electron chi connectivity index (χ1n) is 31.1. The summed E-state index contributed by atoms with van der Waals surface area (Å²) in [7, 11) is 0. The minimum absolute atomic E-state index is 0.0785. The molecule has 0 rings (SSSR count). The molecule has 0 aromatic heterocycles. The predicted octanol–water partition coefficient (Wildman–Crippen LogP) is 21.0. The number of allylic oxidation sites excluding steroid dienone is 8. The van der Waals surface area contributed by atoms with E-state index in [1.807, 2.05) is 0 Å². The molecule has 0 radical (unpaired) electrons. The third kappa shape index (κ3) is 58.1. The van der Waals surface area contributed by atoms with Crippen LogP contribution in [0.1, 0.15) is 329 Å². The molecule has 6 heteroatoms. The molecule has 0 aliphatic heterocycles. The van der Waals surface area contributed by atoms with Gasteiger partial charge in [-0.3, -0.25) is 14.4 Å². The smallest absolute Gasteiger partial charge is 0.306 e. The molecule has 0 saturated carbocycles. The van der Waals surface area contributed by atoms with Gasteiger partial charge in [0, 0.05) is 19.3 Å². The fourth-order valence-corrected chi connectivity index (χ4v) is 9.13. The Bertz CT molecular complexity index is 1230. The van der Waals surface area contributed by atoms with E-state index >= 15 is 0 Å². The van der Waals surface area contributed by atoms with Gasteiger partial charge in [-0.1, -0.05) is 294 Å². The highest BCUT2D eigenvalue weighted by Gasteiger charge is 2.19. The number of rotatable bonds is 57. The van der Waals surface area contributed by atoms with Gasteiger partial charge in [0.15, 0.2) is 6.10 Å². The highest BCUT2D eigenvalue weighted by atomic mass is 16.6. The van der Waals surface area contributed by atoms with Crippen LogP contribution in [-0.4, -0.2) is 37.2 Å². The molecule has 0 aromatic rings. The normalized spacial score (nSPS) is 12.3. The Labute approximate surface area is 441 Å². The van der Waals surface area contributed by atoms with Crippen molar-refractivity contribution < 1.29 is 28.6 Å². The standard InChI is InChI=1S/C65H118O6/c1-4-7-10-13-16-19-22-25-28-31-33-35-37-40-43-46-49-52-55-58-64(67)70-61-62(60-69-63(66)57-54-51-48-45-42-39-36-30-27-24-21-18-15-12-9-6-3)71-65(68)59-56-53-50-47-44-41-38-34-32-29-26-23-20-17-14-11-8-5-2/h16,19,25,28,33,35,40,43,62H,4-15,17-18,20-24,26-27,29-32,34,36-39,41-42,44-61H2,1-3H3/b19-16-,28-25-,35-33-,43-40-/t62-/m1/s1. The molecule has 71 heavy (non-hydrogen) atoms. The Morgan fingerprint density at radius 1 is 0.282 bits per heavy atom. The predicted molar refractivity (Wildman–Crippen MR) is 307 cm³/mol. The summed E-state index contributed by atoms with van der Waals surface area (Å²) in [6.45, 7) is 6.64. The largest absolute Gasteiger partial charge is 0.462 e. The lowest BCUT2D eigenvalue weighted by Crippen LogP contribution is -2.30. The zero-order valence-corrected chi connectivity index (χ0v) is 47.5. The minimum Gasteiger partial charge on any atom is -0.462 e. The average Bonchev–Trinajstić information content (AvgIpc) is 3.37. The monoisotopic (exact) mass is 995 g/mol. The molecule has 0 saturated heterocycles. The summed E-state index contributed by atoms with van der Waals surface area (Å²) in [5.74, 6) is -0.889. The molecule has 6 nitrogen and oxygen atoms in total. The van der Waals surface area contributed by atoms with Crippen molar-refractivity contribution in [2.24, 2.45) is 0 Å². The van der Waals surface area contributed by atoms with Crippen molar-refractivity contribution in [1.29, 1.82) is 0 Å². The van der Waals surface area contributed by atoms with Gasteiger partial charge in [-0.05, 0) is 64.2 Å². The molecule has 0 bridgehead atoms. The molecule has 0 fully saturated rings. The topological polar surface area (TPSA) is 78.9 Å². The number of carbonyl (C=O) groups is 3. The van der Waals surface area contributed by atoms with Gasteiger partial charge in [-0.15, -0.1) is 0 Å². The fourth-order valence-electron chi connectivity index (χ4n) is 9.13. The first-order chi connectivity index (χ1) is 35.0. The van der Waals surface area contributed by atoms with Crippen molar-refractivity contribution in [1.82, 2.24) is 0 Å². The summed E-state index contributed by atoms with van der Waals surface area (Å²) >= 11 is 0. The highest BCUT2D eigenvalue weighted by Crippen LogP contribution is 2.17. The first kappa shape index (κ1) is 68.4. The van der Waals surface area contributed by atoms with Crippen LogP contribution in [0.5, 0.6) is 0 Å². The molecule has 1 atom stereocenters. The summed E-state index contributed by atoms with van der Waals surface area (Å²) in [6.07, 6.45) is 73.9. The van der Waals surface area contributed by atoms with Crippen LogP contribution in [0.3, 0.4) is 0 Å². The van der Waals surface area contributed by atoms with Crippen LogP contribution in [0.2, 0.25) is 0 Å². The number of ether oxygens (including phenoxy) is 3. The van der Waals surface area contributed by atoms with Crippen LogP contribution in [-0.2, 0) is 28.6 Å². The quantitative estimate of drug-likeness (QED) is 0.0261. The molecule has 0 heterocycles. The van der Waals surface area contributed by atoms with E-state index in [0.29, 0.717) is 19.3 Å². The van der Waals surface area contributed by atoms with Crippen LogP contribution >= 0.6 is 0 Å². The number of unbranched alkanes of at least 4 members (excludes halogenated alkanes) is 38. The van der Waals surface area contributed by atoms with Crippen LogP contribution < -0.4 is 0 Å². The van der Waals surface area contributed by atoms with Crippen molar-refractivity contribution in [3.63, 3.8) is 0 Å². The van der Waals surface area contributed by atoms with Gasteiger partial charge in [0.1, 0.15) is 13.2 Å². The van der Waals surface area contributed by atoms with Gasteiger partial charge >= 0.3 is 17.9 Å². The van der Waals surface area contributed by atoms with E-state index in [1.54, 1.807) is 0 Å². The Balaban J connectivity index is 4.39. The minimum atomic E-state index is -0.783. The lowest BCUT2D eigenvalue weighted by Gasteiger charge is -2.18. The van der Waals surface area contributed by atoms with Crippen molar-refractivity contribution >= 4 is 17.9 Å². The van der Waals surface area contributed by atoms with Crippen LogP contribution in [0.15, 0.2) is 48.6 Å². The van der Waals surface area contributed by atoms with Gasteiger partial charge in [0.05, 0.1) is 0 Å². The summed E-state index contributed by atoms with van der Waals surface area (Å²) < 4.78 is 16.9. The summed E-state index contributed by atoms with van der Waals surface area (Å²) in [5.41, 5.74) is 0. The third-order valence-electron chi connectivity index (χ3n) is 13.8. The van der Waals surface area contributed by atoms with Crippen molar-refractivity contribution in [3.8, 4) is 0 Å². The number of carbonyl (C=O) groups excluding carboxylic acids is 3. The molecule has 0 aliphatic rings. The van der Waals surface area contributed by atoms with E-state index in [1.165, 1.54) is 205 Å². The number of hydrogen-bond donors (Lipinski definition) is 0. The highest BCUT2D eigenvalue weighted by molar-refractivity contribution is 5.71. The van der Waals surface area contributed by atoms with Gasteiger partial charge in [0.25, 0.3) is 0 Å². The van der Waals surface area contributed by atoms with Crippen molar-refractivity contribution in [2.75, 3.05) is 13.2 Å². The maximum absolute atomic E-state index is 12.9.